The molecule has 3 aromatic rings. The number of carbonyl (C=O) groups excluding carboxylic acids is 2. The van der Waals surface area contributed by atoms with Gasteiger partial charge in [-0.1, -0.05) is 46.8 Å². The highest BCUT2D eigenvalue weighted by Gasteiger charge is 2.47. The molecule has 7 nitrogen and oxygen atoms in total. The fourth-order valence-electron chi connectivity index (χ4n) is 4.87. The number of Topliss-reactive ketones (excluding diaryl/α,β-unsaturated/α-hetero) is 1. The molecule has 1 aliphatic heterocycles. The topological polar surface area (TPSA) is 85.3 Å². The fourth-order valence-corrected chi connectivity index (χ4v) is 4.87. The second-order valence-corrected chi connectivity index (χ2v) is 11.5. The van der Waals surface area contributed by atoms with E-state index in [2.05, 4.69) is 34.6 Å². The number of anilines is 1. The molecule has 0 radical (unpaired) electrons. The zero-order valence-corrected chi connectivity index (χ0v) is 24.9. The average Bonchev–Trinajstić information content (AvgIpc) is 3.21. The molecule has 7 heteroatoms. The largest absolute Gasteiger partial charge is 0.507 e. The van der Waals surface area contributed by atoms with Crippen molar-refractivity contribution in [1.82, 2.24) is 0 Å². The Bertz CT molecular complexity index is 1430. The number of hydrogen-bond donors (Lipinski definition) is 1. The second kappa shape index (κ2) is 12.1. The number of methoxy groups -OCH3 is 1. The first-order valence-electron chi connectivity index (χ1n) is 13.9. The van der Waals surface area contributed by atoms with Gasteiger partial charge in [-0.25, -0.2) is 0 Å². The van der Waals surface area contributed by atoms with Gasteiger partial charge in [0.15, 0.2) is 0 Å². The number of hydrogen-bond acceptors (Lipinski definition) is 6. The third-order valence-electron chi connectivity index (χ3n) is 6.94. The minimum absolute atomic E-state index is 0.0179. The van der Waals surface area contributed by atoms with E-state index in [1.54, 1.807) is 67.8 Å². The Kier molecular flexibility index (Phi) is 8.76. The Morgan fingerprint density at radius 3 is 2.12 bits per heavy atom. The predicted octanol–water partition coefficient (Wildman–Crippen LogP) is 7.05. The van der Waals surface area contributed by atoms with E-state index in [-0.39, 0.29) is 16.7 Å². The molecule has 1 fully saturated rings. The van der Waals surface area contributed by atoms with E-state index in [9.17, 15) is 14.7 Å². The maximum atomic E-state index is 13.6. The first-order chi connectivity index (χ1) is 19.5. The number of ketones is 1. The molecule has 1 atom stereocenters. The number of ether oxygens (including phenoxy) is 3. The van der Waals surface area contributed by atoms with Crippen LogP contribution in [0.15, 0.2) is 72.3 Å². The molecule has 1 aliphatic rings. The van der Waals surface area contributed by atoms with Crippen LogP contribution in [-0.2, 0) is 15.0 Å². The Morgan fingerprint density at radius 2 is 1.56 bits per heavy atom. The van der Waals surface area contributed by atoms with Crippen LogP contribution in [0.3, 0.4) is 0 Å². The summed E-state index contributed by atoms with van der Waals surface area (Å²) in [5.74, 6) is 0.673. The molecule has 0 spiro atoms. The van der Waals surface area contributed by atoms with Crippen LogP contribution in [0.5, 0.6) is 17.2 Å². The van der Waals surface area contributed by atoms with Gasteiger partial charge in [0.05, 0.1) is 31.9 Å². The zero-order chi connectivity index (χ0) is 29.9. The SMILES string of the molecule is CCOc1ccc(/C(O)=C2/C(=O)C(=O)N(c3ccc(OCC(C)C)cc3)C2c2ccc(OC)cc2)cc1C(C)(C)C. The molecule has 0 bridgehead atoms. The molecule has 1 amide bonds. The highest BCUT2D eigenvalue weighted by Crippen LogP contribution is 2.43. The molecule has 0 aliphatic carbocycles. The lowest BCUT2D eigenvalue weighted by molar-refractivity contribution is -0.132. The molecule has 1 heterocycles. The van der Waals surface area contributed by atoms with Crippen LogP contribution in [0.2, 0.25) is 0 Å². The molecule has 216 valence electrons. The summed E-state index contributed by atoms with van der Waals surface area (Å²) in [4.78, 5) is 28.6. The number of carbonyl (C=O) groups is 2. The normalized spacial score (nSPS) is 16.8. The number of amides is 1. The third-order valence-corrected chi connectivity index (χ3v) is 6.94. The van der Waals surface area contributed by atoms with Gasteiger partial charge in [0.2, 0.25) is 0 Å². The van der Waals surface area contributed by atoms with E-state index in [4.69, 9.17) is 14.2 Å². The monoisotopic (exact) mass is 557 g/mol. The van der Waals surface area contributed by atoms with Gasteiger partial charge in [0.25, 0.3) is 11.7 Å². The number of nitrogens with zero attached hydrogens (tertiary/aromatic N) is 1. The number of benzene rings is 3. The van der Waals surface area contributed by atoms with E-state index < -0.39 is 17.7 Å². The fraction of sp³-hybridized carbons (Fsp3) is 0.353. The maximum Gasteiger partial charge on any atom is 0.300 e. The lowest BCUT2D eigenvalue weighted by Gasteiger charge is -2.26. The van der Waals surface area contributed by atoms with Crippen LogP contribution in [0, 0.1) is 5.92 Å². The van der Waals surface area contributed by atoms with E-state index in [0.717, 1.165) is 5.56 Å². The highest BCUT2D eigenvalue weighted by atomic mass is 16.5. The van der Waals surface area contributed by atoms with Crippen LogP contribution in [-0.4, -0.2) is 37.1 Å². The van der Waals surface area contributed by atoms with Crippen molar-refractivity contribution in [1.29, 1.82) is 0 Å². The molecule has 1 saturated heterocycles. The van der Waals surface area contributed by atoms with Crippen molar-refractivity contribution in [2.45, 2.75) is 53.0 Å². The van der Waals surface area contributed by atoms with Gasteiger partial charge in [-0.05, 0) is 78.4 Å². The van der Waals surface area contributed by atoms with Crippen molar-refractivity contribution < 1.29 is 28.9 Å². The summed E-state index contributed by atoms with van der Waals surface area (Å²) in [6, 6.07) is 18.7. The van der Waals surface area contributed by atoms with Crippen molar-refractivity contribution in [3.05, 3.63) is 89.0 Å². The van der Waals surface area contributed by atoms with E-state index >= 15 is 0 Å². The molecule has 4 rings (SSSR count). The zero-order valence-electron chi connectivity index (χ0n) is 24.9. The standard InChI is InChI=1S/C34H39NO6/c1-8-40-28-18-11-23(19-27(28)34(4,5)6)31(36)29-30(22-9-14-25(39-7)15-10-22)35(33(38)32(29)37)24-12-16-26(17-13-24)41-20-21(2)3/h9-19,21,30,36H,8,20H2,1-7H3/b31-29-. The summed E-state index contributed by atoms with van der Waals surface area (Å²) >= 11 is 0. The van der Waals surface area contributed by atoms with Crippen molar-refractivity contribution in [3.63, 3.8) is 0 Å². The number of aliphatic hydroxyl groups excluding tert-OH is 1. The van der Waals surface area contributed by atoms with Crippen molar-refractivity contribution in [2.24, 2.45) is 5.92 Å². The Hall–Kier alpha value is -4.26. The van der Waals surface area contributed by atoms with Gasteiger partial charge >= 0.3 is 0 Å². The summed E-state index contributed by atoms with van der Waals surface area (Å²) in [5, 5.41) is 11.7. The summed E-state index contributed by atoms with van der Waals surface area (Å²) in [7, 11) is 1.57. The molecular weight excluding hydrogens is 518 g/mol. The predicted molar refractivity (Wildman–Crippen MR) is 161 cm³/mol. The van der Waals surface area contributed by atoms with Crippen LogP contribution in [0.25, 0.3) is 5.76 Å². The molecule has 0 saturated carbocycles. The molecule has 1 N–H and O–H groups in total. The summed E-state index contributed by atoms with van der Waals surface area (Å²) < 4.78 is 17.0. The van der Waals surface area contributed by atoms with Gasteiger partial charge in [0.1, 0.15) is 23.0 Å². The van der Waals surface area contributed by atoms with Crippen LogP contribution in [0.4, 0.5) is 5.69 Å². The minimum atomic E-state index is -0.854. The highest BCUT2D eigenvalue weighted by molar-refractivity contribution is 6.51. The average molecular weight is 558 g/mol. The maximum absolute atomic E-state index is 13.6. The summed E-state index contributed by atoms with van der Waals surface area (Å²) in [5.41, 5.74) is 2.23. The smallest absolute Gasteiger partial charge is 0.300 e. The third kappa shape index (κ3) is 6.24. The van der Waals surface area contributed by atoms with Crippen molar-refractivity contribution in [3.8, 4) is 17.2 Å². The Morgan fingerprint density at radius 1 is 0.927 bits per heavy atom. The number of rotatable bonds is 9. The van der Waals surface area contributed by atoms with Gasteiger partial charge in [-0.2, -0.15) is 0 Å². The molecule has 0 aromatic heterocycles. The summed E-state index contributed by atoms with van der Waals surface area (Å²) in [6.45, 7) is 13.3. The lowest BCUT2D eigenvalue weighted by atomic mass is 9.84. The van der Waals surface area contributed by atoms with Gasteiger partial charge in [-0.15, -0.1) is 0 Å². The van der Waals surface area contributed by atoms with E-state index in [1.807, 2.05) is 13.0 Å². The van der Waals surface area contributed by atoms with Crippen LogP contribution in [0.1, 0.15) is 64.3 Å². The lowest BCUT2D eigenvalue weighted by Crippen LogP contribution is -2.29. The van der Waals surface area contributed by atoms with Gasteiger partial charge in [-0.3, -0.25) is 14.5 Å². The van der Waals surface area contributed by atoms with E-state index in [0.29, 0.717) is 53.2 Å². The van der Waals surface area contributed by atoms with E-state index in [1.165, 1.54) is 4.90 Å². The van der Waals surface area contributed by atoms with Crippen LogP contribution < -0.4 is 19.1 Å². The Labute approximate surface area is 242 Å². The molecular formula is C34H39NO6. The molecule has 41 heavy (non-hydrogen) atoms. The molecule has 3 aromatic carbocycles. The first-order valence-corrected chi connectivity index (χ1v) is 13.9. The molecule has 1 unspecified atom stereocenters. The van der Waals surface area contributed by atoms with Gasteiger partial charge in [0, 0.05) is 16.8 Å². The van der Waals surface area contributed by atoms with Gasteiger partial charge < -0.3 is 19.3 Å². The van der Waals surface area contributed by atoms with Crippen molar-refractivity contribution >= 4 is 23.1 Å². The Balaban J connectivity index is 1.86. The number of aliphatic hydroxyl groups is 1. The summed E-state index contributed by atoms with van der Waals surface area (Å²) in [6.07, 6.45) is 0. The van der Waals surface area contributed by atoms with Crippen LogP contribution >= 0.6 is 0 Å². The second-order valence-electron chi connectivity index (χ2n) is 11.5. The van der Waals surface area contributed by atoms with Crippen molar-refractivity contribution in [2.75, 3.05) is 25.2 Å². The quantitative estimate of drug-likeness (QED) is 0.172. The minimum Gasteiger partial charge on any atom is -0.507 e. The first kappa shape index (κ1) is 29.7.